The zero-order valence-corrected chi connectivity index (χ0v) is 10.6. The molecular formula is C12H17N3O4. The number of amides is 1. The third-order valence-corrected chi connectivity index (χ3v) is 2.20. The molecule has 1 atom stereocenters. The molecule has 1 unspecified atom stereocenters. The molecule has 0 aliphatic rings. The number of aliphatic carboxylic acids is 1. The lowest BCUT2D eigenvalue weighted by Crippen LogP contribution is -2.16. The highest BCUT2D eigenvalue weighted by Crippen LogP contribution is 2.10. The van der Waals surface area contributed by atoms with E-state index < -0.39 is 12.1 Å². The largest absolute Gasteiger partial charge is 0.481 e. The molecule has 7 nitrogen and oxygen atoms in total. The van der Waals surface area contributed by atoms with Gasteiger partial charge in [-0.25, -0.2) is 4.98 Å². The van der Waals surface area contributed by atoms with E-state index >= 15 is 0 Å². The fourth-order valence-electron chi connectivity index (χ4n) is 1.26. The Hall–Kier alpha value is -2.15. The van der Waals surface area contributed by atoms with Gasteiger partial charge in [0.1, 0.15) is 5.82 Å². The molecule has 0 bridgehead atoms. The van der Waals surface area contributed by atoms with Crippen LogP contribution in [0.1, 0.15) is 19.8 Å². The number of carbonyl (C=O) groups is 2. The molecule has 4 N–H and O–H groups in total. The first kappa shape index (κ1) is 14.9. The van der Waals surface area contributed by atoms with E-state index in [1.165, 1.54) is 6.20 Å². The second kappa shape index (κ2) is 7.32. The molecule has 0 aromatic carbocycles. The number of carbonyl (C=O) groups excluding carboxylic acids is 1. The number of hydrogen-bond acceptors (Lipinski definition) is 5. The van der Waals surface area contributed by atoms with E-state index in [0.29, 0.717) is 12.4 Å². The van der Waals surface area contributed by atoms with Gasteiger partial charge in [0.2, 0.25) is 5.91 Å². The summed E-state index contributed by atoms with van der Waals surface area (Å²) in [6.07, 6.45) is 0.768. The number of nitrogens with one attached hydrogen (secondary N) is 2. The molecule has 7 heteroatoms. The van der Waals surface area contributed by atoms with E-state index in [2.05, 4.69) is 15.6 Å². The van der Waals surface area contributed by atoms with Crippen LogP contribution < -0.4 is 10.6 Å². The van der Waals surface area contributed by atoms with Crippen molar-refractivity contribution < 1.29 is 19.8 Å². The number of nitrogens with zero attached hydrogens (tertiary/aromatic N) is 1. The van der Waals surface area contributed by atoms with Gasteiger partial charge in [-0.1, -0.05) is 0 Å². The number of anilines is 2. The van der Waals surface area contributed by atoms with Gasteiger partial charge < -0.3 is 20.8 Å². The monoisotopic (exact) mass is 267 g/mol. The fourth-order valence-corrected chi connectivity index (χ4v) is 1.26. The van der Waals surface area contributed by atoms with E-state index in [-0.39, 0.29) is 18.7 Å². The Bertz CT molecular complexity index is 431. The quantitative estimate of drug-likeness (QED) is 0.578. The van der Waals surface area contributed by atoms with Crippen molar-refractivity contribution in [3.05, 3.63) is 18.3 Å². The number of rotatable bonds is 7. The maximum absolute atomic E-state index is 11.4. The number of pyridine rings is 1. The number of aliphatic hydroxyl groups excluding tert-OH is 1. The molecule has 19 heavy (non-hydrogen) atoms. The summed E-state index contributed by atoms with van der Waals surface area (Å²) in [5.41, 5.74) is 0.726. The Morgan fingerprint density at radius 1 is 1.37 bits per heavy atom. The van der Waals surface area contributed by atoms with Gasteiger partial charge in [0, 0.05) is 13.0 Å². The highest BCUT2D eigenvalue weighted by molar-refractivity contribution is 5.91. The average Bonchev–Trinajstić information content (AvgIpc) is 2.35. The molecule has 0 aliphatic heterocycles. The van der Waals surface area contributed by atoms with Crippen LogP contribution >= 0.6 is 0 Å². The van der Waals surface area contributed by atoms with Crippen LogP contribution in [0.15, 0.2) is 18.3 Å². The van der Waals surface area contributed by atoms with Crippen LogP contribution in [0.25, 0.3) is 0 Å². The second-order valence-electron chi connectivity index (χ2n) is 4.10. The molecule has 0 radical (unpaired) electrons. The number of hydrogen-bond donors (Lipinski definition) is 4. The lowest BCUT2D eigenvalue weighted by atomic mass is 10.3. The molecule has 0 saturated carbocycles. The number of carboxylic acid groups (broad SMARTS) is 1. The van der Waals surface area contributed by atoms with E-state index in [9.17, 15) is 9.59 Å². The van der Waals surface area contributed by atoms with Crippen molar-refractivity contribution in [3.63, 3.8) is 0 Å². The molecule has 0 spiro atoms. The number of aromatic nitrogens is 1. The zero-order valence-electron chi connectivity index (χ0n) is 10.6. The van der Waals surface area contributed by atoms with Crippen LogP contribution in [0.4, 0.5) is 11.5 Å². The Morgan fingerprint density at radius 2 is 2.11 bits per heavy atom. The van der Waals surface area contributed by atoms with Gasteiger partial charge in [-0.3, -0.25) is 9.59 Å². The predicted octanol–water partition coefficient (Wildman–Crippen LogP) is 0.678. The highest BCUT2D eigenvalue weighted by atomic mass is 16.4. The van der Waals surface area contributed by atoms with E-state index in [1.54, 1.807) is 19.1 Å². The van der Waals surface area contributed by atoms with Crippen molar-refractivity contribution in [1.82, 2.24) is 4.98 Å². The fraction of sp³-hybridized carbons (Fsp3) is 0.417. The summed E-state index contributed by atoms with van der Waals surface area (Å²) < 4.78 is 0. The summed E-state index contributed by atoms with van der Waals surface area (Å²) in [6.45, 7) is 2.07. The Labute approximate surface area is 110 Å². The van der Waals surface area contributed by atoms with E-state index in [4.69, 9.17) is 10.2 Å². The van der Waals surface area contributed by atoms with Crippen LogP contribution in [0, 0.1) is 0 Å². The van der Waals surface area contributed by atoms with Crippen molar-refractivity contribution in [2.45, 2.75) is 25.9 Å². The molecule has 0 aliphatic carbocycles. The third kappa shape index (κ3) is 6.37. The van der Waals surface area contributed by atoms with Gasteiger partial charge >= 0.3 is 5.97 Å². The van der Waals surface area contributed by atoms with Crippen LogP contribution in [0.3, 0.4) is 0 Å². The smallest absolute Gasteiger partial charge is 0.303 e. The minimum atomic E-state index is -1.01. The maximum Gasteiger partial charge on any atom is 0.303 e. The Balaban J connectivity index is 2.43. The zero-order chi connectivity index (χ0) is 14.3. The SMILES string of the molecule is CC(O)CNc1ccc(NC(=O)CCC(=O)O)nc1. The minimum absolute atomic E-state index is 0.0843. The van der Waals surface area contributed by atoms with Crippen LogP contribution in [0.5, 0.6) is 0 Å². The van der Waals surface area contributed by atoms with Crippen LogP contribution in [-0.4, -0.2) is 39.7 Å². The molecule has 0 fully saturated rings. The van der Waals surface area contributed by atoms with Crippen molar-refractivity contribution >= 4 is 23.4 Å². The van der Waals surface area contributed by atoms with Gasteiger partial charge in [0.25, 0.3) is 0 Å². The molecular weight excluding hydrogens is 250 g/mol. The predicted molar refractivity (Wildman–Crippen MR) is 69.9 cm³/mol. The number of aliphatic hydroxyl groups is 1. The summed E-state index contributed by atoms with van der Waals surface area (Å²) in [5, 5.41) is 23.0. The molecule has 1 aromatic heterocycles. The molecule has 1 amide bonds. The molecule has 1 rings (SSSR count). The summed E-state index contributed by atoms with van der Waals surface area (Å²) in [6, 6.07) is 3.31. The maximum atomic E-state index is 11.4. The summed E-state index contributed by atoms with van der Waals surface area (Å²) in [7, 11) is 0. The Kier molecular flexibility index (Phi) is 5.74. The molecule has 1 aromatic rings. The van der Waals surface area contributed by atoms with Crippen LogP contribution in [-0.2, 0) is 9.59 Å². The highest BCUT2D eigenvalue weighted by Gasteiger charge is 2.06. The first-order chi connectivity index (χ1) is 8.97. The van der Waals surface area contributed by atoms with Crippen molar-refractivity contribution in [2.75, 3.05) is 17.2 Å². The van der Waals surface area contributed by atoms with Gasteiger partial charge in [-0.15, -0.1) is 0 Å². The third-order valence-electron chi connectivity index (χ3n) is 2.20. The van der Waals surface area contributed by atoms with Gasteiger partial charge in [0.05, 0.1) is 24.4 Å². The summed E-state index contributed by atoms with van der Waals surface area (Å²) >= 11 is 0. The lowest BCUT2D eigenvalue weighted by Gasteiger charge is -2.09. The summed E-state index contributed by atoms with van der Waals surface area (Å²) in [5.74, 6) is -1.04. The summed E-state index contributed by atoms with van der Waals surface area (Å²) in [4.78, 5) is 25.7. The standard InChI is InChI=1S/C12H17N3O4/c1-8(16)6-13-9-2-3-10(14-7-9)15-11(17)4-5-12(18)19/h2-3,7-8,13,16H,4-6H2,1H3,(H,18,19)(H,14,15,17). The minimum Gasteiger partial charge on any atom is -0.481 e. The van der Waals surface area contributed by atoms with Crippen molar-refractivity contribution in [1.29, 1.82) is 0 Å². The van der Waals surface area contributed by atoms with Crippen LogP contribution in [0.2, 0.25) is 0 Å². The van der Waals surface area contributed by atoms with Gasteiger partial charge in [-0.05, 0) is 19.1 Å². The van der Waals surface area contributed by atoms with E-state index in [1.807, 2.05) is 0 Å². The van der Waals surface area contributed by atoms with Gasteiger partial charge in [0.15, 0.2) is 0 Å². The topological polar surface area (TPSA) is 112 Å². The first-order valence-corrected chi connectivity index (χ1v) is 5.87. The molecule has 104 valence electrons. The first-order valence-electron chi connectivity index (χ1n) is 5.87. The van der Waals surface area contributed by atoms with E-state index in [0.717, 1.165) is 5.69 Å². The van der Waals surface area contributed by atoms with Crippen molar-refractivity contribution in [2.24, 2.45) is 0 Å². The molecule has 0 saturated heterocycles. The number of carboxylic acids is 1. The molecule has 1 heterocycles. The van der Waals surface area contributed by atoms with Gasteiger partial charge in [-0.2, -0.15) is 0 Å². The normalized spacial score (nSPS) is 11.7. The Morgan fingerprint density at radius 3 is 2.63 bits per heavy atom. The average molecular weight is 267 g/mol. The van der Waals surface area contributed by atoms with Crippen molar-refractivity contribution in [3.8, 4) is 0 Å². The second-order valence-corrected chi connectivity index (χ2v) is 4.10. The lowest BCUT2D eigenvalue weighted by molar-refractivity contribution is -0.138.